The standard InChI is InChI=1S/C21H23NO3S/c1-21(2,3)25-20(23)22(4)16-9-6-14(7-10-16)18-12-15-8-11-17(24-5)13-19(15)26-18/h6-13H,1-5H3. The topological polar surface area (TPSA) is 38.8 Å². The number of hydrogen-bond acceptors (Lipinski definition) is 4. The minimum Gasteiger partial charge on any atom is -0.497 e. The van der Waals surface area contributed by atoms with E-state index in [1.165, 1.54) is 19.9 Å². The quantitative estimate of drug-likeness (QED) is 0.573. The van der Waals surface area contributed by atoms with Gasteiger partial charge in [-0.3, -0.25) is 4.90 Å². The van der Waals surface area contributed by atoms with Crippen molar-refractivity contribution >= 4 is 33.2 Å². The van der Waals surface area contributed by atoms with Crippen LogP contribution < -0.4 is 9.64 Å². The lowest BCUT2D eigenvalue weighted by molar-refractivity contribution is 0.0589. The smallest absolute Gasteiger partial charge is 0.414 e. The molecule has 0 N–H and O–H groups in total. The first-order valence-electron chi connectivity index (χ1n) is 8.41. The molecule has 3 aromatic rings. The second kappa shape index (κ2) is 7.00. The predicted octanol–water partition coefficient (Wildman–Crippen LogP) is 5.95. The molecule has 2 aromatic carbocycles. The summed E-state index contributed by atoms with van der Waals surface area (Å²) in [6.07, 6.45) is -0.362. The summed E-state index contributed by atoms with van der Waals surface area (Å²) < 4.78 is 11.9. The molecule has 0 saturated carbocycles. The van der Waals surface area contributed by atoms with Crippen LogP contribution in [-0.4, -0.2) is 25.9 Å². The van der Waals surface area contributed by atoms with Gasteiger partial charge in [0.1, 0.15) is 11.4 Å². The summed E-state index contributed by atoms with van der Waals surface area (Å²) in [5.74, 6) is 0.861. The number of amides is 1. The van der Waals surface area contributed by atoms with E-state index in [0.29, 0.717) is 0 Å². The van der Waals surface area contributed by atoms with Gasteiger partial charge in [-0.2, -0.15) is 0 Å². The van der Waals surface area contributed by atoms with Gasteiger partial charge >= 0.3 is 6.09 Å². The molecule has 0 atom stereocenters. The molecule has 3 rings (SSSR count). The number of fused-ring (bicyclic) bond motifs is 1. The lowest BCUT2D eigenvalue weighted by Gasteiger charge is -2.24. The Hall–Kier alpha value is -2.53. The third-order valence-corrected chi connectivity index (χ3v) is 5.08. The van der Waals surface area contributed by atoms with Crippen LogP contribution in [0.3, 0.4) is 0 Å². The molecule has 0 aliphatic heterocycles. The van der Waals surface area contributed by atoms with Crippen LogP contribution >= 0.6 is 11.3 Å². The largest absolute Gasteiger partial charge is 0.497 e. The van der Waals surface area contributed by atoms with Crippen molar-refractivity contribution in [2.24, 2.45) is 0 Å². The molecule has 0 spiro atoms. The highest BCUT2D eigenvalue weighted by molar-refractivity contribution is 7.22. The molecule has 4 nitrogen and oxygen atoms in total. The van der Waals surface area contributed by atoms with Crippen LogP contribution in [0.5, 0.6) is 5.75 Å². The number of carbonyl (C=O) groups excluding carboxylic acids is 1. The van der Waals surface area contributed by atoms with E-state index in [4.69, 9.17) is 9.47 Å². The average molecular weight is 369 g/mol. The Kier molecular flexibility index (Phi) is 4.92. The Morgan fingerprint density at radius 1 is 1.04 bits per heavy atom. The molecule has 0 unspecified atom stereocenters. The number of hydrogen-bond donors (Lipinski definition) is 0. The molecule has 0 aliphatic carbocycles. The lowest BCUT2D eigenvalue weighted by Crippen LogP contribution is -2.34. The van der Waals surface area contributed by atoms with Gasteiger partial charge in [-0.05, 0) is 68.1 Å². The molecule has 1 amide bonds. The normalized spacial score (nSPS) is 11.4. The summed E-state index contributed by atoms with van der Waals surface area (Å²) in [4.78, 5) is 14.9. The third-order valence-electron chi connectivity index (χ3n) is 3.93. The fourth-order valence-electron chi connectivity index (χ4n) is 2.57. The van der Waals surface area contributed by atoms with Crippen molar-refractivity contribution < 1.29 is 14.3 Å². The zero-order valence-electron chi connectivity index (χ0n) is 15.7. The summed E-state index contributed by atoms with van der Waals surface area (Å²) in [6.45, 7) is 5.58. The number of ether oxygens (including phenoxy) is 2. The van der Waals surface area contributed by atoms with E-state index < -0.39 is 5.60 Å². The minimum atomic E-state index is -0.510. The number of anilines is 1. The van der Waals surface area contributed by atoms with Crippen LogP contribution in [0.4, 0.5) is 10.5 Å². The van der Waals surface area contributed by atoms with Crippen molar-refractivity contribution in [3.8, 4) is 16.2 Å². The van der Waals surface area contributed by atoms with E-state index in [-0.39, 0.29) is 6.09 Å². The van der Waals surface area contributed by atoms with Crippen molar-refractivity contribution in [2.45, 2.75) is 26.4 Å². The van der Waals surface area contributed by atoms with Crippen LogP contribution in [0.15, 0.2) is 48.5 Å². The van der Waals surface area contributed by atoms with Crippen LogP contribution in [0.1, 0.15) is 20.8 Å². The molecule has 0 radical (unpaired) electrons. The van der Waals surface area contributed by atoms with Gasteiger partial charge in [0.2, 0.25) is 0 Å². The number of thiophene rings is 1. The summed E-state index contributed by atoms with van der Waals surface area (Å²) in [5, 5.41) is 1.20. The fraction of sp³-hybridized carbons (Fsp3) is 0.286. The van der Waals surface area contributed by atoms with E-state index in [9.17, 15) is 4.79 Å². The van der Waals surface area contributed by atoms with Crippen LogP contribution in [-0.2, 0) is 4.74 Å². The monoisotopic (exact) mass is 369 g/mol. The minimum absolute atomic E-state index is 0.362. The molecule has 1 aromatic heterocycles. The second-order valence-corrected chi connectivity index (χ2v) is 8.18. The van der Waals surface area contributed by atoms with E-state index in [1.807, 2.05) is 57.2 Å². The molecule has 0 bridgehead atoms. The van der Waals surface area contributed by atoms with Crippen molar-refractivity contribution in [2.75, 3.05) is 19.1 Å². The van der Waals surface area contributed by atoms with E-state index in [2.05, 4.69) is 12.1 Å². The van der Waals surface area contributed by atoms with Gasteiger partial charge < -0.3 is 9.47 Å². The van der Waals surface area contributed by atoms with Crippen molar-refractivity contribution in [1.82, 2.24) is 0 Å². The molecular formula is C21H23NO3S. The zero-order chi connectivity index (χ0) is 18.9. The van der Waals surface area contributed by atoms with Crippen LogP contribution in [0.2, 0.25) is 0 Å². The van der Waals surface area contributed by atoms with Gasteiger partial charge in [0, 0.05) is 22.3 Å². The molecule has 5 heteroatoms. The first kappa shape index (κ1) is 18.3. The molecule has 1 heterocycles. The maximum atomic E-state index is 12.2. The first-order chi connectivity index (χ1) is 12.3. The van der Waals surface area contributed by atoms with Gasteiger partial charge in [-0.15, -0.1) is 11.3 Å². The van der Waals surface area contributed by atoms with Crippen molar-refractivity contribution in [3.63, 3.8) is 0 Å². The number of nitrogens with zero attached hydrogens (tertiary/aromatic N) is 1. The SMILES string of the molecule is COc1ccc2cc(-c3ccc(N(C)C(=O)OC(C)(C)C)cc3)sc2c1. The van der Waals surface area contributed by atoms with Gasteiger partial charge in [-0.1, -0.05) is 12.1 Å². The Labute approximate surface area is 158 Å². The number of methoxy groups -OCH3 is 1. The van der Waals surface area contributed by atoms with Crippen LogP contribution in [0, 0.1) is 0 Å². The Morgan fingerprint density at radius 2 is 1.73 bits per heavy atom. The highest BCUT2D eigenvalue weighted by Gasteiger charge is 2.20. The number of rotatable bonds is 3. The predicted molar refractivity (Wildman–Crippen MR) is 108 cm³/mol. The maximum Gasteiger partial charge on any atom is 0.414 e. The van der Waals surface area contributed by atoms with E-state index in [1.54, 1.807) is 25.5 Å². The zero-order valence-corrected chi connectivity index (χ0v) is 16.5. The fourth-order valence-corrected chi connectivity index (χ4v) is 3.66. The van der Waals surface area contributed by atoms with Gasteiger partial charge in [0.25, 0.3) is 0 Å². The number of carbonyl (C=O) groups is 1. The van der Waals surface area contributed by atoms with Crippen molar-refractivity contribution in [1.29, 1.82) is 0 Å². The van der Waals surface area contributed by atoms with Gasteiger partial charge in [-0.25, -0.2) is 4.79 Å². The van der Waals surface area contributed by atoms with Gasteiger partial charge in [0.15, 0.2) is 0 Å². The Morgan fingerprint density at radius 3 is 2.35 bits per heavy atom. The Balaban J connectivity index is 1.82. The molecule has 0 fully saturated rings. The highest BCUT2D eigenvalue weighted by Crippen LogP contribution is 2.36. The average Bonchev–Trinajstić information content (AvgIpc) is 3.02. The van der Waals surface area contributed by atoms with E-state index >= 15 is 0 Å². The third kappa shape index (κ3) is 3.99. The van der Waals surface area contributed by atoms with Crippen LogP contribution in [0.25, 0.3) is 20.5 Å². The summed E-state index contributed by atoms with van der Waals surface area (Å²) >= 11 is 1.72. The first-order valence-corrected chi connectivity index (χ1v) is 9.23. The maximum absolute atomic E-state index is 12.2. The molecule has 26 heavy (non-hydrogen) atoms. The van der Waals surface area contributed by atoms with Gasteiger partial charge in [0.05, 0.1) is 7.11 Å². The van der Waals surface area contributed by atoms with E-state index in [0.717, 1.165) is 17.0 Å². The molecule has 0 aliphatic rings. The number of benzene rings is 2. The molecule has 0 saturated heterocycles. The lowest BCUT2D eigenvalue weighted by atomic mass is 10.1. The van der Waals surface area contributed by atoms with Crippen molar-refractivity contribution in [3.05, 3.63) is 48.5 Å². The summed E-state index contributed by atoms with van der Waals surface area (Å²) in [6, 6.07) is 16.2. The summed E-state index contributed by atoms with van der Waals surface area (Å²) in [5.41, 5.74) is 1.40. The molecular weight excluding hydrogens is 346 g/mol. The Bertz CT molecular complexity index is 923. The second-order valence-electron chi connectivity index (χ2n) is 7.10. The highest BCUT2D eigenvalue weighted by atomic mass is 32.1. The summed E-state index contributed by atoms with van der Waals surface area (Å²) in [7, 11) is 3.39. The molecule has 136 valence electrons.